The molecule has 5 heteroatoms. The van der Waals surface area contributed by atoms with Crippen LogP contribution in [0, 0.1) is 0 Å². The highest BCUT2D eigenvalue weighted by atomic mass is 32.2. The van der Waals surface area contributed by atoms with Crippen LogP contribution in [0.3, 0.4) is 0 Å². The summed E-state index contributed by atoms with van der Waals surface area (Å²) in [6, 6.07) is 25.7. The molecule has 0 radical (unpaired) electrons. The summed E-state index contributed by atoms with van der Waals surface area (Å²) in [5, 5.41) is 7.00. The lowest BCUT2D eigenvalue weighted by Crippen LogP contribution is -2.07. The first-order valence-electron chi connectivity index (χ1n) is 9.17. The second kappa shape index (κ2) is 11.4. The molecule has 3 aromatic rings. The zero-order chi connectivity index (χ0) is 22.0. The molecule has 0 aliphatic carbocycles. The van der Waals surface area contributed by atoms with Crippen molar-refractivity contribution in [3.63, 3.8) is 0 Å². The molecule has 0 aliphatic rings. The summed E-state index contributed by atoms with van der Waals surface area (Å²) in [5.41, 5.74) is 0. The Hall–Kier alpha value is -2.86. The summed E-state index contributed by atoms with van der Waals surface area (Å²) >= 11 is 0. The molecule has 1 N–H and O–H groups in total. The summed E-state index contributed by atoms with van der Waals surface area (Å²) in [7, 11) is -2.92. The van der Waals surface area contributed by atoms with E-state index in [1.54, 1.807) is 48.5 Å². The van der Waals surface area contributed by atoms with Crippen LogP contribution in [0.2, 0.25) is 0 Å². The smallest absolute Gasteiger partial charge is 0.206 e. The first kappa shape index (κ1) is 23.4. The van der Waals surface area contributed by atoms with E-state index in [2.05, 4.69) is 25.3 Å². The van der Waals surface area contributed by atoms with Crippen LogP contribution < -0.4 is 0 Å². The lowest BCUT2D eigenvalue weighted by atomic mass is 10.4. The molecule has 0 fully saturated rings. The number of rotatable bonds is 7. The Balaban J connectivity index is 0.00000155. The van der Waals surface area contributed by atoms with Gasteiger partial charge in [0.05, 0.1) is 20.7 Å². The van der Waals surface area contributed by atoms with Gasteiger partial charge >= 0.3 is 0 Å². The zero-order valence-corrected chi connectivity index (χ0v) is 18.4. The molecule has 3 rings (SSSR count). The lowest BCUT2D eigenvalue weighted by Gasteiger charge is -2.09. The quantitative estimate of drug-likeness (QED) is 0.397. The minimum absolute atomic E-state index is 0.284. The predicted molar refractivity (Wildman–Crippen MR) is 125 cm³/mol. The SMILES string of the molecule is C=C/C=C(\C=C)[S+](c1ccccc1)c1ccc(S(=O)(=O)c2ccccc2)cc1.CO. The molecule has 3 aromatic carbocycles. The Labute approximate surface area is 182 Å². The molecule has 0 aromatic heterocycles. The number of benzene rings is 3. The third kappa shape index (κ3) is 5.39. The maximum Gasteiger partial charge on any atom is 0.206 e. The Morgan fingerprint density at radius 3 is 1.73 bits per heavy atom. The summed E-state index contributed by atoms with van der Waals surface area (Å²) in [6.07, 6.45) is 5.51. The van der Waals surface area contributed by atoms with Crippen molar-refractivity contribution >= 4 is 20.7 Å². The van der Waals surface area contributed by atoms with Crippen LogP contribution in [-0.4, -0.2) is 20.6 Å². The average molecular weight is 438 g/mol. The summed E-state index contributed by atoms with van der Waals surface area (Å²) < 4.78 is 25.7. The van der Waals surface area contributed by atoms with Gasteiger partial charge in [0.1, 0.15) is 0 Å². The van der Waals surface area contributed by atoms with Crippen molar-refractivity contribution < 1.29 is 13.5 Å². The number of aliphatic hydroxyl groups is 1. The Bertz CT molecular complexity index is 1090. The van der Waals surface area contributed by atoms with Crippen LogP contribution >= 0.6 is 0 Å². The van der Waals surface area contributed by atoms with Crippen LogP contribution in [0.4, 0.5) is 0 Å². The lowest BCUT2D eigenvalue weighted by molar-refractivity contribution is 0.399. The molecule has 0 aliphatic heterocycles. The number of hydrogen-bond donors (Lipinski definition) is 1. The average Bonchev–Trinajstić information content (AvgIpc) is 2.81. The highest BCUT2D eigenvalue weighted by molar-refractivity contribution is 8.00. The first-order valence-corrected chi connectivity index (χ1v) is 11.9. The fourth-order valence-electron chi connectivity index (χ4n) is 2.79. The Kier molecular flexibility index (Phi) is 8.87. The minimum atomic E-state index is -3.53. The van der Waals surface area contributed by atoms with Crippen molar-refractivity contribution in [2.75, 3.05) is 7.11 Å². The van der Waals surface area contributed by atoms with Crippen molar-refractivity contribution in [1.29, 1.82) is 0 Å². The van der Waals surface area contributed by atoms with E-state index in [-0.39, 0.29) is 4.90 Å². The normalized spacial score (nSPS) is 12.3. The van der Waals surface area contributed by atoms with Gasteiger partial charge < -0.3 is 5.11 Å². The molecule has 0 saturated carbocycles. The molecule has 0 heterocycles. The molecule has 0 amide bonds. The number of hydrogen-bond acceptors (Lipinski definition) is 3. The van der Waals surface area contributed by atoms with E-state index in [4.69, 9.17) is 5.11 Å². The second-order valence-electron chi connectivity index (χ2n) is 5.92. The molecule has 30 heavy (non-hydrogen) atoms. The van der Waals surface area contributed by atoms with E-state index in [1.807, 2.05) is 42.5 Å². The summed E-state index contributed by atoms with van der Waals surface area (Å²) in [6.45, 7) is 7.74. The van der Waals surface area contributed by atoms with E-state index in [0.29, 0.717) is 4.90 Å². The molecule has 154 valence electrons. The maximum atomic E-state index is 12.8. The zero-order valence-electron chi connectivity index (χ0n) is 16.8. The highest BCUT2D eigenvalue weighted by Gasteiger charge is 2.29. The first-order chi connectivity index (χ1) is 14.6. The van der Waals surface area contributed by atoms with Gasteiger partial charge in [-0.2, -0.15) is 0 Å². The van der Waals surface area contributed by atoms with Crippen molar-refractivity contribution in [3.05, 3.63) is 121 Å². The fraction of sp³-hybridized carbons (Fsp3) is 0.0400. The molecule has 3 nitrogen and oxygen atoms in total. The van der Waals surface area contributed by atoms with Gasteiger partial charge in [-0.05, 0) is 60.7 Å². The minimum Gasteiger partial charge on any atom is -0.400 e. The largest absolute Gasteiger partial charge is 0.400 e. The van der Waals surface area contributed by atoms with E-state index in [0.717, 1.165) is 21.8 Å². The van der Waals surface area contributed by atoms with Gasteiger partial charge in [0.15, 0.2) is 14.7 Å². The van der Waals surface area contributed by atoms with E-state index >= 15 is 0 Å². The molecule has 0 bridgehead atoms. The van der Waals surface area contributed by atoms with E-state index < -0.39 is 20.7 Å². The van der Waals surface area contributed by atoms with Gasteiger partial charge in [0, 0.05) is 7.11 Å². The molecule has 0 saturated heterocycles. The Morgan fingerprint density at radius 2 is 1.23 bits per heavy atom. The van der Waals surface area contributed by atoms with Crippen molar-refractivity contribution in [3.8, 4) is 0 Å². The van der Waals surface area contributed by atoms with Gasteiger partial charge in [-0.15, -0.1) is 0 Å². The summed E-state index contributed by atoms with van der Waals surface area (Å²) in [5.74, 6) is 0. The maximum absolute atomic E-state index is 12.8. The third-order valence-corrected chi connectivity index (χ3v) is 8.17. The molecular weight excluding hydrogens is 412 g/mol. The third-order valence-electron chi connectivity index (χ3n) is 4.12. The number of allylic oxidation sites excluding steroid dienone is 3. The van der Waals surface area contributed by atoms with E-state index in [9.17, 15) is 8.42 Å². The monoisotopic (exact) mass is 437 g/mol. The summed E-state index contributed by atoms with van der Waals surface area (Å²) in [4.78, 5) is 3.76. The van der Waals surface area contributed by atoms with Gasteiger partial charge in [-0.25, -0.2) is 8.42 Å². The number of sulfone groups is 1. The van der Waals surface area contributed by atoms with Gasteiger partial charge in [0.2, 0.25) is 9.84 Å². The van der Waals surface area contributed by atoms with E-state index in [1.165, 1.54) is 0 Å². The van der Waals surface area contributed by atoms with Crippen LogP contribution in [-0.2, 0) is 20.7 Å². The molecule has 0 spiro atoms. The fourth-order valence-corrected chi connectivity index (χ4v) is 6.13. The van der Waals surface area contributed by atoms with Crippen molar-refractivity contribution in [2.45, 2.75) is 19.6 Å². The van der Waals surface area contributed by atoms with Gasteiger partial charge in [0.25, 0.3) is 0 Å². The topological polar surface area (TPSA) is 54.4 Å². The second-order valence-corrected chi connectivity index (χ2v) is 9.89. The van der Waals surface area contributed by atoms with Gasteiger partial charge in [-0.3, -0.25) is 0 Å². The molecular formula is C25H25O3S2+. The van der Waals surface area contributed by atoms with Crippen molar-refractivity contribution in [1.82, 2.24) is 0 Å². The van der Waals surface area contributed by atoms with Crippen LogP contribution in [0.5, 0.6) is 0 Å². The molecule has 1 atom stereocenters. The standard InChI is InChI=1S/C24H21O2S2.CH4O/c1-3-11-20(4-2)27(21-12-7-5-8-13-21)22-16-18-24(19-17-22)28(25,26)23-14-9-6-10-15-23;1-2/h3-19H,1-2H2;2H,1H3/q+1;/b20-11+;. The van der Waals surface area contributed by atoms with Gasteiger partial charge in [-0.1, -0.05) is 55.6 Å². The Morgan fingerprint density at radius 1 is 0.767 bits per heavy atom. The molecule has 1 unspecified atom stereocenters. The van der Waals surface area contributed by atoms with Crippen LogP contribution in [0.1, 0.15) is 0 Å². The predicted octanol–water partition coefficient (Wildman–Crippen LogP) is 5.42. The van der Waals surface area contributed by atoms with Crippen LogP contribution in [0.15, 0.2) is 141 Å². The number of aliphatic hydroxyl groups excluding tert-OH is 1. The highest BCUT2D eigenvalue weighted by Crippen LogP contribution is 2.32. The van der Waals surface area contributed by atoms with Crippen molar-refractivity contribution in [2.24, 2.45) is 0 Å². The van der Waals surface area contributed by atoms with Crippen LogP contribution in [0.25, 0.3) is 0 Å².